The highest BCUT2D eigenvalue weighted by Gasteiger charge is 2.41. The summed E-state index contributed by atoms with van der Waals surface area (Å²) in [5, 5.41) is 9.00. The van der Waals surface area contributed by atoms with Gasteiger partial charge in [0, 0.05) is 32.1 Å². The standard InChI is InChI=1S/C19H21N5O7S3/c1-31-14-5-7-15(8-6-14)33(27,28)24-10-9-23(12-13(24)11-18(25)20-26)34(29,30)17-4-2-3-16-19(17)22-32-21-16/h2-8,13,26H,9-12H2,1H3,(H,20,25). The predicted octanol–water partition coefficient (Wildman–Crippen LogP) is 0.659. The quantitative estimate of drug-likeness (QED) is 0.332. The van der Waals surface area contributed by atoms with Crippen LogP contribution in [0.4, 0.5) is 0 Å². The van der Waals surface area contributed by atoms with E-state index in [9.17, 15) is 21.6 Å². The van der Waals surface area contributed by atoms with Gasteiger partial charge in [0.05, 0.1) is 23.7 Å². The number of aromatic nitrogens is 2. The Balaban J connectivity index is 1.67. The zero-order valence-corrected chi connectivity index (χ0v) is 20.3. The van der Waals surface area contributed by atoms with E-state index in [1.165, 1.54) is 42.9 Å². The molecule has 2 heterocycles. The van der Waals surface area contributed by atoms with E-state index in [4.69, 9.17) is 9.94 Å². The van der Waals surface area contributed by atoms with Gasteiger partial charge in [0.25, 0.3) is 0 Å². The summed E-state index contributed by atoms with van der Waals surface area (Å²) in [6.45, 7) is -0.621. The van der Waals surface area contributed by atoms with Crippen molar-refractivity contribution in [2.24, 2.45) is 0 Å². The minimum absolute atomic E-state index is 0.0303. The summed E-state index contributed by atoms with van der Waals surface area (Å²) in [5.41, 5.74) is 2.14. The predicted molar refractivity (Wildman–Crippen MR) is 121 cm³/mol. The van der Waals surface area contributed by atoms with Crippen molar-refractivity contribution < 1.29 is 31.6 Å². The van der Waals surface area contributed by atoms with Gasteiger partial charge >= 0.3 is 0 Å². The van der Waals surface area contributed by atoms with Crippen LogP contribution in [0.3, 0.4) is 0 Å². The van der Waals surface area contributed by atoms with E-state index in [0.717, 1.165) is 20.3 Å². The molecule has 1 aromatic heterocycles. The molecule has 12 nitrogen and oxygen atoms in total. The summed E-state index contributed by atoms with van der Waals surface area (Å²) < 4.78 is 68.9. The van der Waals surface area contributed by atoms with Gasteiger partial charge in [0.2, 0.25) is 26.0 Å². The summed E-state index contributed by atoms with van der Waals surface area (Å²) >= 11 is 0.886. The number of amides is 1. The van der Waals surface area contributed by atoms with Gasteiger partial charge in [-0.05, 0) is 36.4 Å². The zero-order chi connectivity index (χ0) is 24.5. The van der Waals surface area contributed by atoms with E-state index < -0.39 is 38.4 Å². The van der Waals surface area contributed by atoms with Crippen molar-refractivity contribution in [1.29, 1.82) is 0 Å². The number of methoxy groups -OCH3 is 1. The molecule has 182 valence electrons. The SMILES string of the molecule is COc1ccc(S(=O)(=O)N2CCN(S(=O)(=O)c3cccc4nsnc34)CC2CC(=O)NO)cc1. The Kier molecular flexibility index (Phi) is 6.84. The van der Waals surface area contributed by atoms with Crippen LogP contribution in [-0.4, -0.2) is 78.1 Å². The van der Waals surface area contributed by atoms with Crippen LogP contribution in [0.1, 0.15) is 6.42 Å². The molecule has 1 unspecified atom stereocenters. The molecule has 2 aromatic carbocycles. The first-order valence-electron chi connectivity index (χ1n) is 9.98. The number of benzene rings is 2. The van der Waals surface area contributed by atoms with E-state index in [1.54, 1.807) is 12.1 Å². The van der Waals surface area contributed by atoms with Crippen LogP contribution >= 0.6 is 11.7 Å². The fourth-order valence-corrected chi connectivity index (χ4v) is 7.61. The van der Waals surface area contributed by atoms with Crippen molar-refractivity contribution in [1.82, 2.24) is 22.8 Å². The second kappa shape index (κ2) is 9.52. The molecule has 1 atom stereocenters. The maximum Gasteiger partial charge on any atom is 0.245 e. The molecule has 4 rings (SSSR count). The number of piperazine rings is 1. The highest BCUT2D eigenvalue weighted by Crippen LogP contribution is 2.29. The van der Waals surface area contributed by atoms with E-state index in [-0.39, 0.29) is 34.9 Å². The molecule has 1 amide bonds. The van der Waals surface area contributed by atoms with Crippen LogP contribution in [0.2, 0.25) is 0 Å². The van der Waals surface area contributed by atoms with Crippen LogP contribution in [0.5, 0.6) is 5.75 Å². The third kappa shape index (κ3) is 4.49. The lowest BCUT2D eigenvalue weighted by atomic mass is 10.1. The second-order valence-electron chi connectivity index (χ2n) is 7.44. The third-order valence-corrected chi connectivity index (χ3v) is 9.88. The van der Waals surface area contributed by atoms with Crippen LogP contribution in [0, 0.1) is 0 Å². The number of rotatable bonds is 7. The second-order valence-corrected chi connectivity index (χ2v) is 11.8. The average Bonchev–Trinajstić information content (AvgIpc) is 3.32. The molecule has 0 spiro atoms. The number of nitrogens with zero attached hydrogens (tertiary/aromatic N) is 4. The molecule has 1 saturated heterocycles. The molecule has 1 aliphatic heterocycles. The molecule has 1 fully saturated rings. The van der Waals surface area contributed by atoms with Crippen LogP contribution in [0.25, 0.3) is 11.0 Å². The van der Waals surface area contributed by atoms with Crippen molar-refractivity contribution in [2.45, 2.75) is 22.3 Å². The lowest BCUT2D eigenvalue weighted by molar-refractivity contribution is -0.130. The normalized spacial score (nSPS) is 18.1. The van der Waals surface area contributed by atoms with Gasteiger partial charge in [-0.15, -0.1) is 0 Å². The maximum atomic E-state index is 13.4. The van der Waals surface area contributed by atoms with Crippen molar-refractivity contribution in [3.05, 3.63) is 42.5 Å². The maximum absolute atomic E-state index is 13.4. The largest absolute Gasteiger partial charge is 0.497 e. The van der Waals surface area contributed by atoms with Gasteiger partial charge < -0.3 is 4.74 Å². The Morgan fingerprint density at radius 3 is 2.53 bits per heavy atom. The highest BCUT2D eigenvalue weighted by molar-refractivity contribution is 7.89. The summed E-state index contributed by atoms with van der Waals surface area (Å²) in [6.07, 6.45) is -0.444. The number of ether oxygens (including phenoxy) is 1. The Bertz CT molecular complexity index is 1410. The summed E-state index contributed by atoms with van der Waals surface area (Å²) in [7, 11) is -6.69. The summed E-state index contributed by atoms with van der Waals surface area (Å²) in [5.74, 6) is -0.373. The molecule has 3 aromatic rings. The Labute approximate surface area is 200 Å². The minimum Gasteiger partial charge on any atom is -0.497 e. The number of hydrogen-bond acceptors (Lipinski definition) is 10. The van der Waals surface area contributed by atoms with Crippen molar-refractivity contribution in [3.63, 3.8) is 0 Å². The van der Waals surface area contributed by atoms with Gasteiger partial charge in [-0.1, -0.05) is 6.07 Å². The van der Waals surface area contributed by atoms with Gasteiger partial charge in [-0.2, -0.15) is 17.4 Å². The number of fused-ring (bicyclic) bond motifs is 1. The molecular weight excluding hydrogens is 506 g/mol. The fourth-order valence-electron chi connectivity index (χ4n) is 3.78. The number of hydroxylamine groups is 1. The number of sulfonamides is 2. The topological polar surface area (TPSA) is 159 Å². The van der Waals surface area contributed by atoms with Gasteiger partial charge in [0.1, 0.15) is 21.7 Å². The monoisotopic (exact) mass is 527 g/mol. The molecule has 0 aliphatic carbocycles. The molecule has 1 aliphatic rings. The first-order chi connectivity index (χ1) is 16.2. The highest BCUT2D eigenvalue weighted by atomic mass is 32.2. The number of nitrogens with one attached hydrogen (secondary N) is 1. The molecule has 0 bridgehead atoms. The average molecular weight is 528 g/mol. The molecule has 2 N–H and O–H groups in total. The van der Waals surface area contributed by atoms with E-state index in [1.807, 2.05) is 0 Å². The zero-order valence-electron chi connectivity index (χ0n) is 17.9. The fraction of sp³-hybridized carbons (Fsp3) is 0.316. The molecule has 0 radical (unpaired) electrons. The molecule has 34 heavy (non-hydrogen) atoms. The minimum atomic E-state index is -4.08. The van der Waals surface area contributed by atoms with Gasteiger partial charge in [-0.3, -0.25) is 10.0 Å². The third-order valence-electron chi connectivity index (χ3n) is 5.47. The van der Waals surface area contributed by atoms with Crippen molar-refractivity contribution in [3.8, 4) is 5.75 Å². The van der Waals surface area contributed by atoms with E-state index in [2.05, 4.69) is 8.75 Å². The van der Waals surface area contributed by atoms with Crippen LogP contribution < -0.4 is 10.2 Å². The van der Waals surface area contributed by atoms with E-state index in [0.29, 0.717) is 11.3 Å². The molecule has 0 saturated carbocycles. The van der Waals surface area contributed by atoms with E-state index >= 15 is 0 Å². The Hall–Kier alpha value is -2.69. The molecule has 15 heteroatoms. The number of hydrogen-bond donors (Lipinski definition) is 2. The Morgan fingerprint density at radius 1 is 1.12 bits per heavy atom. The first-order valence-corrected chi connectivity index (χ1v) is 13.6. The van der Waals surface area contributed by atoms with Crippen molar-refractivity contribution >= 4 is 48.7 Å². The van der Waals surface area contributed by atoms with Crippen LogP contribution in [-0.2, 0) is 24.8 Å². The lowest BCUT2D eigenvalue weighted by Gasteiger charge is -2.39. The smallest absolute Gasteiger partial charge is 0.245 e. The number of carbonyl (C=O) groups is 1. The lowest BCUT2D eigenvalue weighted by Crippen LogP contribution is -2.57. The summed E-state index contributed by atoms with van der Waals surface area (Å²) in [4.78, 5) is 11.9. The van der Waals surface area contributed by atoms with Crippen molar-refractivity contribution in [2.75, 3.05) is 26.7 Å². The van der Waals surface area contributed by atoms with Gasteiger partial charge in [-0.25, -0.2) is 22.3 Å². The summed E-state index contributed by atoms with van der Waals surface area (Å²) in [6, 6.07) is 9.28. The molecular formula is C19H21N5O7S3. The Morgan fingerprint density at radius 2 is 1.85 bits per heavy atom. The van der Waals surface area contributed by atoms with Gasteiger partial charge in [0.15, 0.2) is 0 Å². The van der Waals surface area contributed by atoms with Crippen LogP contribution in [0.15, 0.2) is 52.3 Å². The number of carbonyl (C=O) groups excluding carboxylic acids is 1. The first kappa shape index (κ1) is 24.4.